The van der Waals surface area contributed by atoms with E-state index in [4.69, 9.17) is 0 Å². The third kappa shape index (κ3) is 3.98. The fourth-order valence-electron chi connectivity index (χ4n) is 1.93. The Kier molecular flexibility index (Phi) is 6.91. The second kappa shape index (κ2) is 7.13. The zero-order valence-corrected chi connectivity index (χ0v) is 10.8. The number of piperidine rings is 1. The molecule has 1 N–H and O–H groups in total. The normalized spacial score (nSPS) is 17.8. The van der Waals surface area contributed by atoms with E-state index in [9.17, 15) is 22.4 Å². The zero-order chi connectivity index (χ0) is 13.1. The molecule has 0 bridgehead atoms. The fraction of sp³-hybridized carbons (Fsp3) is 0.900. The van der Waals surface area contributed by atoms with Gasteiger partial charge in [-0.1, -0.05) is 0 Å². The maximum atomic E-state index is 12.8. The number of rotatable bonds is 4. The molecule has 0 atom stereocenters. The van der Waals surface area contributed by atoms with Gasteiger partial charge in [0.15, 0.2) is 0 Å². The van der Waals surface area contributed by atoms with Gasteiger partial charge in [0.25, 0.3) is 5.91 Å². The quantitative estimate of drug-likeness (QED) is 0.801. The van der Waals surface area contributed by atoms with E-state index in [2.05, 4.69) is 5.32 Å². The van der Waals surface area contributed by atoms with Crippen LogP contribution >= 0.6 is 12.4 Å². The number of alkyl halides is 4. The Hall–Kier alpha value is -0.560. The molecule has 1 aliphatic heterocycles. The number of nitrogens with zero attached hydrogens (tertiary/aromatic N) is 1. The number of likely N-dealkylation sites (tertiary alicyclic amines) is 1. The molecule has 3 nitrogen and oxygen atoms in total. The van der Waals surface area contributed by atoms with Crippen LogP contribution in [0, 0.1) is 5.92 Å². The van der Waals surface area contributed by atoms with Crippen molar-refractivity contribution in [2.45, 2.75) is 25.2 Å². The molecule has 1 fully saturated rings. The predicted molar refractivity (Wildman–Crippen MR) is 61.4 cm³/mol. The summed E-state index contributed by atoms with van der Waals surface area (Å²) in [5, 5.41) is 2.96. The lowest BCUT2D eigenvalue weighted by Crippen LogP contribution is -2.50. The van der Waals surface area contributed by atoms with Crippen molar-refractivity contribution in [1.29, 1.82) is 0 Å². The largest absolute Gasteiger partial charge is 0.383 e. The Morgan fingerprint density at radius 3 is 2.28 bits per heavy atom. The third-order valence-electron chi connectivity index (χ3n) is 2.95. The standard InChI is InChI=1S/C10H16F4N2O.ClH/c1-15-6-7-2-4-16(5-3-7)9(17)10(13,14)8(11)12;/h7-8,15H,2-6H2,1H3;1H. The monoisotopic (exact) mass is 292 g/mol. The Balaban J connectivity index is 0.00000289. The fourth-order valence-corrected chi connectivity index (χ4v) is 1.93. The van der Waals surface area contributed by atoms with E-state index < -0.39 is 18.3 Å². The minimum absolute atomic E-state index is 0. The van der Waals surface area contributed by atoms with Crippen LogP contribution in [0.1, 0.15) is 12.8 Å². The number of hydrogen-bond donors (Lipinski definition) is 1. The molecule has 0 aromatic carbocycles. The predicted octanol–water partition coefficient (Wildman–Crippen LogP) is 1.77. The van der Waals surface area contributed by atoms with Gasteiger partial charge >= 0.3 is 12.3 Å². The zero-order valence-electron chi connectivity index (χ0n) is 9.97. The minimum Gasteiger partial charge on any atom is -0.337 e. The van der Waals surface area contributed by atoms with Crippen molar-refractivity contribution in [3.63, 3.8) is 0 Å². The van der Waals surface area contributed by atoms with Gasteiger partial charge < -0.3 is 10.2 Å². The maximum Gasteiger partial charge on any atom is 0.383 e. The summed E-state index contributed by atoms with van der Waals surface area (Å²) < 4.78 is 49.6. The molecule has 1 amide bonds. The van der Waals surface area contributed by atoms with Crippen molar-refractivity contribution in [2.24, 2.45) is 5.92 Å². The molecule has 0 spiro atoms. The van der Waals surface area contributed by atoms with E-state index in [0.29, 0.717) is 18.8 Å². The molecule has 1 saturated heterocycles. The van der Waals surface area contributed by atoms with Crippen LogP contribution in [0.15, 0.2) is 0 Å². The molecule has 1 heterocycles. The van der Waals surface area contributed by atoms with Crippen LogP contribution in [-0.4, -0.2) is 49.8 Å². The van der Waals surface area contributed by atoms with Crippen LogP contribution in [0.2, 0.25) is 0 Å². The highest BCUT2D eigenvalue weighted by atomic mass is 35.5. The van der Waals surface area contributed by atoms with Crippen LogP contribution in [0.25, 0.3) is 0 Å². The summed E-state index contributed by atoms with van der Waals surface area (Å²) in [5.41, 5.74) is 0. The second-order valence-corrected chi connectivity index (χ2v) is 4.22. The summed E-state index contributed by atoms with van der Waals surface area (Å²) in [7, 11) is 1.78. The number of nitrogens with one attached hydrogen (secondary N) is 1. The van der Waals surface area contributed by atoms with Gasteiger partial charge in [-0.25, -0.2) is 8.78 Å². The van der Waals surface area contributed by atoms with Crippen molar-refractivity contribution < 1.29 is 22.4 Å². The molecule has 0 radical (unpaired) electrons. The summed E-state index contributed by atoms with van der Waals surface area (Å²) >= 11 is 0. The lowest BCUT2D eigenvalue weighted by atomic mass is 9.96. The number of carbonyl (C=O) groups excluding carboxylic acids is 1. The average molecular weight is 293 g/mol. The first-order chi connectivity index (χ1) is 7.89. The first kappa shape index (κ1) is 17.4. The van der Waals surface area contributed by atoms with E-state index in [1.807, 2.05) is 0 Å². The average Bonchev–Trinajstić information content (AvgIpc) is 2.29. The smallest absolute Gasteiger partial charge is 0.337 e. The Bertz CT molecular complexity index is 271. The van der Waals surface area contributed by atoms with Gasteiger partial charge in [-0.05, 0) is 32.4 Å². The van der Waals surface area contributed by atoms with Gasteiger partial charge in [0.2, 0.25) is 0 Å². The topological polar surface area (TPSA) is 32.3 Å². The van der Waals surface area contributed by atoms with E-state index in [-0.39, 0.29) is 25.5 Å². The molecule has 18 heavy (non-hydrogen) atoms. The van der Waals surface area contributed by atoms with Crippen molar-refractivity contribution in [1.82, 2.24) is 10.2 Å². The van der Waals surface area contributed by atoms with E-state index in [0.717, 1.165) is 11.4 Å². The van der Waals surface area contributed by atoms with Crippen LogP contribution < -0.4 is 5.32 Å². The van der Waals surface area contributed by atoms with Gasteiger partial charge in [0.05, 0.1) is 0 Å². The molecule has 1 aliphatic rings. The summed E-state index contributed by atoms with van der Waals surface area (Å²) in [6, 6.07) is 0. The Morgan fingerprint density at radius 2 is 1.89 bits per heavy atom. The number of halogens is 5. The van der Waals surface area contributed by atoms with Crippen LogP contribution in [0.4, 0.5) is 17.6 Å². The molecule has 1 rings (SSSR count). The van der Waals surface area contributed by atoms with Gasteiger partial charge in [-0.15, -0.1) is 12.4 Å². The highest BCUT2D eigenvalue weighted by Gasteiger charge is 2.51. The molecule has 0 aromatic rings. The second-order valence-electron chi connectivity index (χ2n) is 4.22. The number of carbonyl (C=O) groups is 1. The molecule has 0 saturated carbocycles. The van der Waals surface area contributed by atoms with Gasteiger partial charge in [-0.2, -0.15) is 8.78 Å². The van der Waals surface area contributed by atoms with E-state index >= 15 is 0 Å². The van der Waals surface area contributed by atoms with E-state index in [1.54, 1.807) is 7.05 Å². The summed E-state index contributed by atoms with van der Waals surface area (Å²) in [4.78, 5) is 12.0. The summed E-state index contributed by atoms with van der Waals surface area (Å²) in [5.74, 6) is -6.00. The van der Waals surface area contributed by atoms with Crippen molar-refractivity contribution in [3.8, 4) is 0 Å². The molecular formula is C10H17ClF4N2O. The Morgan fingerprint density at radius 1 is 1.39 bits per heavy atom. The highest BCUT2D eigenvalue weighted by molar-refractivity contribution is 5.85. The lowest BCUT2D eigenvalue weighted by molar-refractivity contribution is -0.181. The summed E-state index contributed by atoms with van der Waals surface area (Å²) in [6.45, 7) is 0.980. The third-order valence-corrected chi connectivity index (χ3v) is 2.95. The van der Waals surface area contributed by atoms with Crippen LogP contribution in [0.5, 0.6) is 0 Å². The van der Waals surface area contributed by atoms with Crippen molar-refractivity contribution >= 4 is 18.3 Å². The number of hydrogen-bond acceptors (Lipinski definition) is 2. The van der Waals surface area contributed by atoms with Crippen molar-refractivity contribution in [2.75, 3.05) is 26.7 Å². The maximum absolute atomic E-state index is 12.8. The first-order valence-corrected chi connectivity index (χ1v) is 5.49. The SMILES string of the molecule is CNCC1CCN(C(=O)C(F)(F)C(F)F)CC1.Cl. The molecule has 0 unspecified atom stereocenters. The molecular weight excluding hydrogens is 276 g/mol. The van der Waals surface area contributed by atoms with Gasteiger partial charge in [0.1, 0.15) is 0 Å². The molecule has 0 aromatic heterocycles. The van der Waals surface area contributed by atoms with Gasteiger partial charge in [0, 0.05) is 13.1 Å². The summed E-state index contributed by atoms with van der Waals surface area (Å²) in [6.07, 6.45) is -2.82. The highest BCUT2D eigenvalue weighted by Crippen LogP contribution is 2.27. The van der Waals surface area contributed by atoms with Crippen LogP contribution in [-0.2, 0) is 4.79 Å². The molecule has 0 aliphatic carbocycles. The van der Waals surface area contributed by atoms with E-state index in [1.165, 1.54) is 0 Å². The van der Waals surface area contributed by atoms with Crippen molar-refractivity contribution in [3.05, 3.63) is 0 Å². The Labute approximate surface area is 109 Å². The molecule has 108 valence electrons. The molecule has 8 heteroatoms. The number of amides is 1. The van der Waals surface area contributed by atoms with Gasteiger partial charge in [-0.3, -0.25) is 4.79 Å². The first-order valence-electron chi connectivity index (χ1n) is 5.49. The minimum atomic E-state index is -4.56. The van der Waals surface area contributed by atoms with Crippen LogP contribution in [0.3, 0.4) is 0 Å². The lowest BCUT2D eigenvalue weighted by Gasteiger charge is -2.33.